The van der Waals surface area contributed by atoms with E-state index < -0.39 is 18.6 Å². The fourth-order valence-corrected chi connectivity index (χ4v) is 3.63. The molecule has 1 atom stereocenters. The second kappa shape index (κ2) is 9.03. The van der Waals surface area contributed by atoms with Crippen LogP contribution < -0.4 is 14.8 Å². The molecule has 0 saturated heterocycles. The van der Waals surface area contributed by atoms with Crippen LogP contribution in [0.25, 0.3) is 0 Å². The van der Waals surface area contributed by atoms with Crippen LogP contribution in [0.1, 0.15) is 26.8 Å². The Kier molecular flexibility index (Phi) is 6.49. The molecule has 0 aliphatic carbocycles. The van der Waals surface area contributed by atoms with Crippen LogP contribution in [-0.2, 0) is 0 Å². The number of halogens is 3. The summed E-state index contributed by atoms with van der Waals surface area (Å²) in [5.74, 6) is -0.825. The van der Waals surface area contributed by atoms with Crippen molar-refractivity contribution >= 4 is 28.8 Å². The molecule has 0 fully saturated rings. The summed E-state index contributed by atoms with van der Waals surface area (Å²) in [5.41, 5.74) is 0.759. The number of hydrogen-bond acceptors (Lipinski definition) is 4. The normalized spacial score (nSPS) is 11.9. The standard InChI is InChI=1S/C20H16ClF2NO3S/c1-26-15-5-2-4-14(18(15)27-20(22)23)19(25)24-17(16-6-3-11-28-16)12-7-9-13(21)10-8-12/h2-11,17,20H,1H3,(H,24,25)/t17-/m0/s1. The van der Waals surface area contributed by atoms with Crippen molar-refractivity contribution in [2.75, 3.05) is 7.11 Å². The molecule has 2 aromatic carbocycles. The van der Waals surface area contributed by atoms with Crippen molar-refractivity contribution in [3.8, 4) is 11.5 Å². The highest BCUT2D eigenvalue weighted by Crippen LogP contribution is 2.34. The van der Waals surface area contributed by atoms with Crippen molar-refractivity contribution in [1.29, 1.82) is 0 Å². The number of carbonyl (C=O) groups excluding carboxylic acids is 1. The highest BCUT2D eigenvalue weighted by Gasteiger charge is 2.24. The van der Waals surface area contributed by atoms with Gasteiger partial charge in [-0.15, -0.1) is 11.3 Å². The lowest BCUT2D eigenvalue weighted by atomic mass is 10.0. The summed E-state index contributed by atoms with van der Waals surface area (Å²) in [6.07, 6.45) is 0. The molecule has 3 rings (SSSR count). The van der Waals surface area contributed by atoms with E-state index in [0.717, 1.165) is 10.4 Å². The summed E-state index contributed by atoms with van der Waals surface area (Å²) in [6, 6.07) is 14.7. The topological polar surface area (TPSA) is 47.6 Å². The lowest BCUT2D eigenvalue weighted by molar-refractivity contribution is -0.0515. The molecule has 28 heavy (non-hydrogen) atoms. The molecule has 0 saturated carbocycles. The fourth-order valence-electron chi connectivity index (χ4n) is 2.70. The number of methoxy groups -OCH3 is 1. The van der Waals surface area contributed by atoms with Gasteiger partial charge in [-0.3, -0.25) is 4.79 Å². The van der Waals surface area contributed by atoms with Gasteiger partial charge in [-0.25, -0.2) is 0 Å². The number of carbonyl (C=O) groups is 1. The molecular weight excluding hydrogens is 408 g/mol. The maximum atomic E-state index is 12.9. The van der Waals surface area contributed by atoms with E-state index in [1.807, 2.05) is 17.5 Å². The van der Waals surface area contributed by atoms with Crippen LogP contribution in [0.15, 0.2) is 60.0 Å². The first-order chi connectivity index (χ1) is 13.5. The van der Waals surface area contributed by atoms with Crippen LogP contribution in [0.4, 0.5) is 8.78 Å². The van der Waals surface area contributed by atoms with E-state index in [4.69, 9.17) is 16.3 Å². The number of thiophene rings is 1. The molecule has 146 valence electrons. The molecular formula is C20H16ClF2NO3S. The van der Waals surface area contributed by atoms with Gasteiger partial charge >= 0.3 is 6.61 Å². The van der Waals surface area contributed by atoms with Gasteiger partial charge in [-0.2, -0.15) is 8.78 Å². The zero-order valence-corrected chi connectivity index (χ0v) is 16.3. The van der Waals surface area contributed by atoms with E-state index in [1.165, 1.54) is 36.6 Å². The van der Waals surface area contributed by atoms with Crippen molar-refractivity contribution in [1.82, 2.24) is 5.32 Å². The van der Waals surface area contributed by atoms with Crippen LogP contribution in [0, 0.1) is 0 Å². The van der Waals surface area contributed by atoms with E-state index in [1.54, 1.807) is 24.3 Å². The Bertz CT molecular complexity index is 933. The minimum Gasteiger partial charge on any atom is -0.493 e. The number of nitrogens with one attached hydrogen (secondary N) is 1. The Morgan fingerprint density at radius 1 is 1.11 bits per heavy atom. The van der Waals surface area contributed by atoms with E-state index in [-0.39, 0.29) is 17.1 Å². The molecule has 8 heteroatoms. The monoisotopic (exact) mass is 423 g/mol. The molecule has 0 radical (unpaired) electrons. The molecule has 4 nitrogen and oxygen atoms in total. The number of para-hydroxylation sites is 1. The molecule has 0 aliphatic heterocycles. The van der Waals surface area contributed by atoms with Crippen molar-refractivity contribution in [2.24, 2.45) is 0 Å². The Morgan fingerprint density at radius 2 is 1.86 bits per heavy atom. The predicted octanol–water partition coefficient (Wildman–Crippen LogP) is 5.53. The minimum atomic E-state index is -3.09. The summed E-state index contributed by atoms with van der Waals surface area (Å²) in [5, 5.41) is 5.34. The van der Waals surface area contributed by atoms with Crippen LogP contribution >= 0.6 is 22.9 Å². The largest absolute Gasteiger partial charge is 0.493 e. The van der Waals surface area contributed by atoms with Gasteiger partial charge in [0.15, 0.2) is 11.5 Å². The van der Waals surface area contributed by atoms with Gasteiger partial charge in [0.2, 0.25) is 0 Å². The van der Waals surface area contributed by atoms with Crippen LogP contribution in [0.2, 0.25) is 5.02 Å². The van der Waals surface area contributed by atoms with Crippen molar-refractivity contribution in [3.05, 3.63) is 81.0 Å². The van der Waals surface area contributed by atoms with E-state index in [0.29, 0.717) is 5.02 Å². The van der Waals surface area contributed by atoms with Crippen molar-refractivity contribution < 1.29 is 23.0 Å². The van der Waals surface area contributed by atoms with Crippen LogP contribution in [-0.4, -0.2) is 19.6 Å². The van der Waals surface area contributed by atoms with Gasteiger partial charge in [-0.05, 0) is 41.3 Å². The second-order valence-corrected chi connectivity index (χ2v) is 7.10. The number of hydrogen-bond donors (Lipinski definition) is 1. The fraction of sp³-hybridized carbons (Fsp3) is 0.150. The molecule has 0 bridgehead atoms. The number of amides is 1. The van der Waals surface area contributed by atoms with Gasteiger partial charge in [0.1, 0.15) is 0 Å². The molecule has 1 amide bonds. The van der Waals surface area contributed by atoms with Gasteiger partial charge in [0.25, 0.3) is 5.91 Å². The summed E-state index contributed by atoms with van der Waals surface area (Å²) in [7, 11) is 1.32. The molecule has 0 aliphatic rings. The van der Waals surface area contributed by atoms with Crippen LogP contribution in [0.3, 0.4) is 0 Å². The molecule has 1 heterocycles. The summed E-state index contributed by atoms with van der Waals surface area (Å²) >= 11 is 7.43. The van der Waals surface area contributed by atoms with Gasteiger partial charge < -0.3 is 14.8 Å². The highest BCUT2D eigenvalue weighted by molar-refractivity contribution is 7.10. The summed E-state index contributed by atoms with van der Waals surface area (Å²) in [6.45, 7) is -3.09. The lowest BCUT2D eigenvalue weighted by Crippen LogP contribution is -2.29. The van der Waals surface area contributed by atoms with Gasteiger partial charge in [0.05, 0.1) is 18.7 Å². The first kappa shape index (κ1) is 20.1. The minimum absolute atomic E-state index is 0.0461. The van der Waals surface area contributed by atoms with E-state index in [2.05, 4.69) is 10.1 Å². The maximum Gasteiger partial charge on any atom is 0.387 e. The predicted molar refractivity (Wildman–Crippen MR) is 105 cm³/mol. The van der Waals surface area contributed by atoms with Gasteiger partial charge in [0, 0.05) is 9.90 Å². The number of benzene rings is 2. The van der Waals surface area contributed by atoms with E-state index >= 15 is 0 Å². The number of ether oxygens (including phenoxy) is 2. The highest BCUT2D eigenvalue weighted by atomic mass is 35.5. The Morgan fingerprint density at radius 3 is 2.46 bits per heavy atom. The zero-order valence-electron chi connectivity index (χ0n) is 14.7. The second-order valence-electron chi connectivity index (χ2n) is 5.69. The molecule has 0 spiro atoms. The average molecular weight is 424 g/mol. The Labute approximate surface area is 169 Å². The van der Waals surface area contributed by atoms with E-state index in [9.17, 15) is 13.6 Å². The quantitative estimate of drug-likeness (QED) is 0.543. The van der Waals surface area contributed by atoms with Crippen molar-refractivity contribution in [2.45, 2.75) is 12.7 Å². The van der Waals surface area contributed by atoms with Crippen LogP contribution in [0.5, 0.6) is 11.5 Å². The zero-order chi connectivity index (χ0) is 20.1. The number of rotatable bonds is 7. The first-order valence-electron chi connectivity index (χ1n) is 8.21. The van der Waals surface area contributed by atoms with Crippen molar-refractivity contribution in [3.63, 3.8) is 0 Å². The maximum absolute atomic E-state index is 12.9. The van der Waals surface area contributed by atoms with Gasteiger partial charge in [-0.1, -0.05) is 35.9 Å². The number of alkyl halides is 2. The first-order valence-corrected chi connectivity index (χ1v) is 9.47. The molecule has 1 aromatic heterocycles. The third-order valence-corrected chi connectivity index (χ3v) is 5.15. The average Bonchev–Trinajstić information content (AvgIpc) is 3.21. The molecule has 1 N–H and O–H groups in total. The SMILES string of the molecule is COc1cccc(C(=O)N[C@@H](c2ccc(Cl)cc2)c2cccs2)c1OC(F)F. The third-order valence-electron chi connectivity index (χ3n) is 3.96. The Hall–Kier alpha value is -2.64. The lowest BCUT2D eigenvalue weighted by Gasteiger charge is -2.20. The summed E-state index contributed by atoms with van der Waals surface area (Å²) in [4.78, 5) is 13.8. The smallest absolute Gasteiger partial charge is 0.387 e. The third kappa shape index (κ3) is 4.61. The molecule has 0 unspecified atom stereocenters. The Balaban J connectivity index is 1.96. The molecule has 3 aromatic rings. The summed E-state index contributed by atoms with van der Waals surface area (Å²) < 4.78 is 35.3.